The van der Waals surface area contributed by atoms with E-state index in [0.717, 1.165) is 11.3 Å². The van der Waals surface area contributed by atoms with Crippen molar-refractivity contribution in [2.75, 3.05) is 29.5 Å². The molecule has 1 aromatic carbocycles. The first-order valence-electron chi connectivity index (χ1n) is 9.61. The van der Waals surface area contributed by atoms with Gasteiger partial charge in [0.05, 0.1) is 5.69 Å². The minimum absolute atomic E-state index is 0.0572. The van der Waals surface area contributed by atoms with Gasteiger partial charge in [0.1, 0.15) is 18.1 Å². The van der Waals surface area contributed by atoms with Gasteiger partial charge in [-0.15, -0.1) is 0 Å². The van der Waals surface area contributed by atoms with E-state index in [-0.39, 0.29) is 17.1 Å². The van der Waals surface area contributed by atoms with E-state index >= 15 is 0 Å². The number of hydrogen-bond donors (Lipinski definition) is 4. The lowest BCUT2D eigenvalue weighted by Crippen LogP contribution is -2.20. The summed E-state index contributed by atoms with van der Waals surface area (Å²) < 4.78 is 20.5. The molecule has 3 aromatic rings. The van der Waals surface area contributed by atoms with Crippen LogP contribution in [0.4, 0.5) is 26.4 Å². The highest BCUT2D eigenvalue weighted by Gasteiger charge is 2.21. The van der Waals surface area contributed by atoms with Crippen LogP contribution in [0.25, 0.3) is 21.9 Å². The van der Waals surface area contributed by atoms with Crippen molar-refractivity contribution in [2.45, 2.75) is 27.2 Å². The molecular formula is C21H24FN5O3. The lowest BCUT2D eigenvalue weighted by Gasteiger charge is -2.22. The van der Waals surface area contributed by atoms with Crippen LogP contribution in [0.5, 0.6) is 5.88 Å². The summed E-state index contributed by atoms with van der Waals surface area (Å²) in [5, 5.41) is 15.2. The summed E-state index contributed by atoms with van der Waals surface area (Å²) in [7, 11) is 0. The normalized spacial score (nSPS) is 12.1. The van der Waals surface area contributed by atoms with Crippen LogP contribution in [0, 0.1) is 12.7 Å². The van der Waals surface area contributed by atoms with Gasteiger partial charge in [-0.2, -0.15) is 0 Å². The van der Waals surface area contributed by atoms with E-state index in [1.807, 2.05) is 6.92 Å². The van der Waals surface area contributed by atoms with Crippen LogP contribution in [0.1, 0.15) is 25.8 Å². The largest absolute Gasteiger partial charge is 0.474 e. The molecule has 30 heavy (non-hydrogen) atoms. The molecule has 0 unspecified atom stereocenters. The number of aromatic nitrogens is 2. The van der Waals surface area contributed by atoms with E-state index in [1.54, 1.807) is 12.3 Å². The number of anilines is 3. The lowest BCUT2D eigenvalue weighted by atomic mass is 9.97. The Hall–Kier alpha value is -3.62. The first-order valence-corrected chi connectivity index (χ1v) is 9.61. The van der Waals surface area contributed by atoms with Crippen LogP contribution >= 0.6 is 0 Å². The molecule has 9 heteroatoms. The van der Waals surface area contributed by atoms with Crippen LogP contribution < -0.4 is 21.1 Å². The van der Waals surface area contributed by atoms with Crippen molar-refractivity contribution in [3.63, 3.8) is 0 Å². The highest BCUT2D eigenvalue weighted by Crippen LogP contribution is 2.39. The van der Waals surface area contributed by atoms with Gasteiger partial charge in [0.15, 0.2) is 5.82 Å². The van der Waals surface area contributed by atoms with Gasteiger partial charge in [0.25, 0.3) is 0 Å². The van der Waals surface area contributed by atoms with E-state index in [2.05, 4.69) is 34.4 Å². The number of rotatable bonds is 2. The number of ether oxygens (including phenoxy) is 1. The third kappa shape index (κ3) is 4.05. The van der Waals surface area contributed by atoms with Crippen LogP contribution in [-0.4, -0.2) is 34.3 Å². The summed E-state index contributed by atoms with van der Waals surface area (Å²) >= 11 is 0. The van der Waals surface area contributed by atoms with Gasteiger partial charge in [-0.3, -0.25) is 5.32 Å². The van der Waals surface area contributed by atoms with Gasteiger partial charge >= 0.3 is 6.09 Å². The maximum absolute atomic E-state index is 15.0. The van der Waals surface area contributed by atoms with Crippen molar-refractivity contribution in [3.8, 4) is 17.0 Å². The van der Waals surface area contributed by atoms with E-state index in [1.165, 1.54) is 18.7 Å². The first-order chi connectivity index (χ1) is 14.4. The molecule has 3 heterocycles. The molecule has 158 valence electrons. The second-order valence-electron chi connectivity index (χ2n) is 6.83. The molecule has 0 atom stereocenters. The molecule has 0 fully saturated rings. The number of amides is 1. The first kappa shape index (κ1) is 21.1. The quantitative estimate of drug-likeness (QED) is 0.452. The summed E-state index contributed by atoms with van der Waals surface area (Å²) in [5.74, 6) is 0.0287. The molecule has 8 nitrogen and oxygen atoms in total. The van der Waals surface area contributed by atoms with Crippen molar-refractivity contribution < 1.29 is 19.0 Å². The van der Waals surface area contributed by atoms with Gasteiger partial charge in [-0.25, -0.2) is 19.2 Å². The monoisotopic (exact) mass is 413 g/mol. The summed E-state index contributed by atoms with van der Waals surface area (Å²) in [5.41, 5.74) is 8.28. The average Bonchev–Trinajstić information content (AvgIpc) is 2.71. The Kier molecular flexibility index (Phi) is 6.20. The number of nitrogens with two attached hydrogens (primary N) is 1. The number of hydrogen-bond acceptors (Lipinski definition) is 6. The molecule has 2 aromatic heterocycles. The molecule has 1 amide bonds. The molecule has 0 bridgehead atoms. The molecule has 0 radical (unpaired) electrons. The Labute approximate surface area is 173 Å². The van der Waals surface area contributed by atoms with Crippen molar-refractivity contribution >= 4 is 34.1 Å². The lowest BCUT2D eigenvalue weighted by molar-refractivity contribution is 0.209. The molecule has 0 aliphatic carbocycles. The van der Waals surface area contributed by atoms with Gasteiger partial charge < -0.3 is 20.9 Å². The van der Waals surface area contributed by atoms with Gasteiger partial charge in [0.2, 0.25) is 5.88 Å². The zero-order valence-corrected chi connectivity index (χ0v) is 17.0. The zero-order chi connectivity index (χ0) is 21.8. The van der Waals surface area contributed by atoms with Crippen LogP contribution in [0.3, 0.4) is 0 Å². The Morgan fingerprint density at radius 3 is 2.73 bits per heavy atom. The Morgan fingerprint density at radius 1 is 1.30 bits per heavy atom. The molecule has 0 spiro atoms. The van der Waals surface area contributed by atoms with Crippen molar-refractivity contribution in [1.29, 1.82) is 0 Å². The predicted octanol–water partition coefficient (Wildman–Crippen LogP) is 4.64. The number of halogens is 1. The fraction of sp³-hybridized carbons (Fsp3) is 0.286. The molecule has 4 rings (SSSR count). The van der Waals surface area contributed by atoms with Crippen molar-refractivity contribution in [2.24, 2.45) is 0 Å². The topological polar surface area (TPSA) is 122 Å². The number of nitrogens with zero attached hydrogens (tertiary/aromatic N) is 2. The Balaban J connectivity index is 0.000000806. The van der Waals surface area contributed by atoms with E-state index < -0.39 is 11.9 Å². The molecule has 5 N–H and O–H groups in total. The number of nitrogen functional groups attached to an aromatic ring is 1. The Morgan fingerprint density at radius 2 is 2.03 bits per heavy atom. The number of benzene rings is 1. The van der Waals surface area contributed by atoms with E-state index in [0.29, 0.717) is 35.4 Å². The second-order valence-corrected chi connectivity index (χ2v) is 6.83. The fourth-order valence-corrected chi connectivity index (χ4v) is 3.16. The molecule has 0 saturated heterocycles. The standard InChI is InChI=1S/C18H16FN5O3.C3H8/c1-8-11(6-23-17-16(8)21-2-3-27-17)10-4-9-5-13(24-18(25)26)22-7-12(9)15(20)14(10)19;1-3-2/h4-7,21H,2-3,20H2,1H3,(H,22,24)(H,25,26);3H2,1-2H3. The summed E-state index contributed by atoms with van der Waals surface area (Å²) in [6, 6.07) is 3.11. The third-order valence-electron chi connectivity index (χ3n) is 4.47. The molecular weight excluding hydrogens is 389 g/mol. The summed E-state index contributed by atoms with van der Waals surface area (Å²) in [6.45, 7) is 7.25. The second kappa shape index (κ2) is 8.81. The molecule has 1 aliphatic heterocycles. The average molecular weight is 413 g/mol. The van der Waals surface area contributed by atoms with Crippen molar-refractivity contribution in [3.05, 3.63) is 35.9 Å². The number of carboxylic acid groups (broad SMARTS) is 1. The number of carbonyl (C=O) groups is 1. The van der Waals surface area contributed by atoms with Gasteiger partial charge in [0, 0.05) is 35.5 Å². The third-order valence-corrected chi connectivity index (χ3v) is 4.47. The SMILES string of the molecule is CCC.Cc1c(-c2cc3cc(NC(=O)O)ncc3c(N)c2F)cnc2c1NCCO2. The highest BCUT2D eigenvalue weighted by atomic mass is 19.1. The van der Waals surface area contributed by atoms with Crippen LogP contribution in [-0.2, 0) is 0 Å². The number of pyridine rings is 2. The van der Waals surface area contributed by atoms with E-state index in [9.17, 15) is 9.18 Å². The highest BCUT2D eigenvalue weighted by molar-refractivity contribution is 5.99. The molecule has 0 saturated carbocycles. The number of fused-ring (bicyclic) bond motifs is 2. The summed E-state index contributed by atoms with van der Waals surface area (Å²) in [4.78, 5) is 19.1. The van der Waals surface area contributed by atoms with Crippen LogP contribution in [0.15, 0.2) is 24.5 Å². The number of nitrogens with one attached hydrogen (secondary N) is 2. The Bertz CT molecular complexity index is 1100. The maximum atomic E-state index is 15.0. The minimum Gasteiger partial charge on any atom is -0.474 e. The summed E-state index contributed by atoms with van der Waals surface area (Å²) in [6.07, 6.45) is 2.90. The minimum atomic E-state index is -1.24. The predicted molar refractivity (Wildman–Crippen MR) is 116 cm³/mol. The van der Waals surface area contributed by atoms with Gasteiger partial charge in [-0.05, 0) is 30.0 Å². The zero-order valence-electron chi connectivity index (χ0n) is 17.0. The smallest absolute Gasteiger partial charge is 0.410 e. The molecule has 1 aliphatic rings. The van der Waals surface area contributed by atoms with Gasteiger partial charge in [-0.1, -0.05) is 20.3 Å². The maximum Gasteiger partial charge on any atom is 0.410 e. The van der Waals surface area contributed by atoms with Crippen molar-refractivity contribution in [1.82, 2.24) is 9.97 Å². The van der Waals surface area contributed by atoms with Crippen LogP contribution in [0.2, 0.25) is 0 Å². The van der Waals surface area contributed by atoms with E-state index in [4.69, 9.17) is 15.6 Å². The fourth-order valence-electron chi connectivity index (χ4n) is 3.16.